The molecule has 1 aromatic heterocycles. The molecule has 0 aliphatic heterocycles. The first-order valence-electron chi connectivity index (χ1n) is 11.2. The number of rotatable bonds is 9. The quantitative estimate of drug-likeness (QED) is 0.436. The molecule has 0 radical (unpaired) electrons. The van der Waals surface area contributed by atoms with Crippen LogP contribution < -0.4 is 10.6 Å². The SMILES string of the molecule is CCC[C@H](NC(=O)OCC1c2ccccc2-c2ccccc21)C(=O)NCc1ccc(C(=O)O)o1. The van der Waals surface area contributed by atoms with Gasteiger partial charge in [-0.15, -0.1) is 0 Å². The number of fused-ring (bicyclic) bond motifs is 3. The van der Waals surface area contributed by atoms with Crippen molar-refractivity contribution < 1.29 is 28.6 Å². The second-order valence-electron chi connectivity index (χ2n) is 8.10. The highest BCUT2D eigenvalue weighted by Crippen LogP contribution is 2.44. The van der Waals surface area contributed by atoms with Gasteiger partial charge in [0, 0.05) is 5.92 Å². The minimum atomic E-state index is -1.18. The number of carbonyl (C=O) groups is 3. The van der Waals surface area contributed by atoms with Crippen molar-refractivity contribution in [2.24, 2.45) is 0 Å². The van der Waals surface area contributed by atoms with Crippen molar-refractivity contribution in [1.29, 1.82) is 0 Å². The third-order valence-corrected chi connectivity index (χ3v) is 5.84. The summed E-state index contributed by atoms with van der Waals surface area (Å²) in [5.74, 6) is -1.55. The van der Waals surface area contributed by atoms with Crippen LogP contribution in [0.15, 0.2) is 65.1 Å². The summed E-state index contributed by atoms with van der Waals surface area (Å²) in [6, 6.07) is 18.2. The van der Waals surface area contributed by atoms with Crippen molar-refractivity contribution in [3.8, 4) is 11.1 Å². The van der Waals surface area contributed by atoms with Crippen molar-refractivity contribution in [3.63, 3.8) is 0 Å². The highest BCUT2D eigenvalue weighted by molar-refractivity contribution is 5.86. The fourth-order valence-corrected chi connectivity index (χ4v) is 4.23. The van der Waals surface area contributed by atoms with Crippen LogP contribution in [0.25, 0.3) is 11.1 Å². The Morgan fingerprint density at radius 1 is 1.00 bits per heavy atom. The number of carboxylic acid groups (broad SMARTS) is 1. The first-order valence-corrected chi connectivity index (χ1v) is 11.2. The Bertz CT molecular complexity index is 1160. The fraction of sp³-hybridized carbons (Fsp3) is 0.269. The smallest absolute Gasteiger partial charge is 0.407 e. The van der Waals surface area contributed by atoms with Crippen LogP contribution in [0, 0.1) is 0 Å². The highest BCUT2D eigenvalue weighted by Gasteiger charge is 2.29. The second-order valence-corrected chi connectivity index (χ2v) is 8.10. The molecule has 2 amide bonds. The summed E-state index contributed by atoms with van der Waals surface area (Å²) in [7, 11) is 0. The maximum Gasteiger partial charge on any atom is 0.407 e. The van der Waals surface area contributed by atoms with Gasteiger partial charge < -0.3 is 24.9 Å². The lowest BCUT2D eigenvalue weighted by Gasteiger charge is -2.19. The standard InChI is InChI=1S/C26H26N2O6/c1-2-7-22(24(29)27-14-16-12-13-23(34-16)25(30)31)28-26(32)33-15-21-19-10-5-3-8-17(19)18-9-4-6-11-20(18)21/h3-6,8-13,21-22H,2,7,14-15H2,1H3,(H,27,29)(H,28,32)(H,30,31)/t22-/m0/s1. The molecule has 4 rings (SSSR count). The van der Waals surface area contributed by atoms with Crippen LogP contribution in [0.1, 0.15) is 53.1 Å². The predicted octanol–water partition coefficient (Wildman–Crippen LogP) is 4.30. The first-order chi connectivity index (χ1) is 16.5. The molecule has 34 heavy (non-hydrogen) atoms. The minimum Gasteiger partial charge on any atom is -0.475 e. The van der Waals surface area contributed by atoms with E-state index in [1.165, 1.54) is 12.1 Å². The van der Waals surface area contributed by atoms with E-state index in [2.05, 4.69) is 22.8 Å². The average Bonchev–Trinajstić information content (AvgIpc) is 3.44. The molecule has 176 valence electrons. The summed E-state index contributed by atoms with van der Waals surface area (Å²) in [6.07, 6.45) is 0.432. The van der Waals surface area contributed by atoms with Gasteiger partial charge in [-0.3, -0.25) is 4.79 Å². The van der Waals surface area contributed by atoms with Gasteiger partial charge in [0.15, 0.2) is 0 Å². The summed E-state index contributed by atoms with van der Waals surface area (Å²) in [5, 5.41) is 14.2. The van der Waals surface area contributed by atoms with E-state index in [1.54, 1.807) is 0 Å². The zero-order valence-corrected chi connectivity index (χ0v) is 18.7. The topological polar surface area (TPSA) is 118 Å². The third-order valence-electron chi connectivity index (χ3n) is 5.84. The zero-order chi connectivity index (χ0) is 24.1. The van der Waals surface area contributed by atoms with E-state index in [9.17, 15) is 14.4 Å². The van der Waals surface area contributed by atoms with Crippen molar-refractivity contribution in [2.75, 3.05) is 6.61 Å². The van der Waals surface area contributed by atoms with Gasteiger partial charge in [-0.25, -0.2) is 9.59 Å². The number of aromatic carboxylic acids is 1. The summed E-state index contributed by atoms with van der Waals surface area (Å²) in [5.41, 5.74) is 4.50. The molecule has 1 heterocycles. The number of hydrogen-bond donors (Lipinski definition) is 3. The second kappa shape index (κ2) is 10.2. The molecule has 3 N–H and O–H groups in total. The number of ether oxygens (including phenoxy) is 1. The Labute approximate surface area is 196 Å². The van der Waals surface area contributed by atoms with Crippen LogP contribution in [0.4, 0.5) is 4.79 Å². The molecule has 3 aromatic rings. The summed E-state index contributed by atoms with van der Waals surface area (Å²) in [4.78, 5) is 36.1. The molecule has 1 aliphatic rings. The van der Waals surface area contributed by atoms with Gasteiger partial charge >= 0.3 is 12.1 Å². The summed E-state index contributed by atoms with van der Waals surface area (Å²) < 4.78 is 10.7. The molecule has 8 heteroatoms. The number of carbonyl (C=O) groups excluding carboxylic acids is 2. The van der Waals surface area contributed by atoms with E-state index < -0.39 is 24.0 Å². The van der Waals surface area contributed by atoms with Crippen LogP contribution >= 0.6 is 0 Å². The number of amides is 2. The van der Waals surface area contributed by atoms with E-state index in [0.717, 1.165) is 22.3 Å². The molecule has 0 spiro atoms. The Balaban J connectivity index is 1.35. The first kappa shape index (κ1) is 23.1. The van der Waals surface area contributed by atoms with Gasteiger partial charge in [0.25, 0.3) is 0 Å². The molecule has 0 unspecified atom stereocenters. The maximum absolute atomic E-state index is 12.6. The van der Waals surface area contributed by atoms with Crippen LogP contribution in [-0.4, -0.2) is 35.7 Å². The lowest BCUT2D eigenvalue weighted by atomic mass is 9.98. The Morgan fingerprint density at radius 3 is 2.24 bits per heavy atom. The minimum absolute atomic E-state index is 0.0126. The largest absolute Gasteiger partial charge is 0.475 e. The summed E-state index contributed by atoms with van der Waals surface area (Å²) >= 11 is 0. The van der Waals surface area contributed by atoms with Crippen LogP contribution in [0.3, 0.4) is 0 Å². The van der Waals surface area contributed by atoms with E-state index in [4.69, 9.17) is 14.3 Å². The number of hydrogen-bond acceptors (Lipinski definition) is 5. The molecule has 2 aromatic carbocycles. The normalized spacial score (nSPS) is 13.0. The van der Waals surface area contributed by atoms with Crippen LogP contribution in [0.2, 0.25) is 0 Å². The maximum atomic E-state index is 12.6. The van der Waals surface area contributed by atoms with Crippen molar-refractivity contribution in [1.82, 2.24) is 10.6 Å². The van der Waals surface area contributed by atoms with Crippen LogP contribution in [0.5, 0.6) is 0 Å². The van der Waals surface area contributed by atoms with E-state index in [-0.39, 0.29) is 24.8 Å². The molecular formula is C26H26N2O6. The number of nitrogens with one attached hydrogen (secondary N) is 2. The number of benzene rings is 2. The molecule has 0 saturated heterocycles. The highest BCUT2D eigenvalue weighted by atomic mass is 16.5. The Hall–Kier alpha value is -4.07. The van der Waals surface area contributed by atoms with Gasteiger partial charge in [0.1, 0.15) is 18.4 Å². The lowest BCUT2D eigenvalue weighted by molar-refractivity contribution is -0.123. The molecule has 8 nitrogen and oxygen atoms in total. The predicted molar refractivity (Wildman–Crippen MR) is 124 cm³/mol. The van der Waals surface area contributed by atoms with Gasteiger partial charge in [-0.1, -0.05) is 61.9 Å². The monoisotopic (exact) mass is 462 g/mol. The van der Waals surface area contributed by atoms with E-state index in [1.807, 2.05) is 43.3 Å². The van der Waals surface area contributed by atoms with Crippen molar-refractivity contribution >= 4 is 18.0 Å². The zero-order valence-electron chi connectivity index (χ0n) is 18.7. The number of furan rings is 1. The van der Waals surface area contributed by atoms with Gasteiger partial charge in [-0.05, 0) is 40.8 Å². The van der Waals surface area contributed by atoms with Gasteiger partial charge in [0.2, 0.25) is 11.7 Å². The molecule has 0 bridgehead atoms. The number of carboxylic acids is 1. The molecule has 1 aliphatic carbocycles. The van der Waals surface area contributed by atoms with Crippen LogP contribution in [-0.2, 0) is 16.1 Å². The molecular weight excluding hydrogens is 436 g/mol. The third kappa shape index (κ3) is 4.96. The fourth-order valence-electron chi connectivity index (χ4n) is 4.23. The average molecular weight is 463 g/mol. The Kier molecular flexibility index (Phi) is 6.96. The molecule has 1 atom stereocenters. The Morgan fingerprint density at radius 2 is 1.65 bits per heavy atom. The lowest BCUT2D eigenvalue weighted by Crippen LogP contribution is -2.46. The molecule has 0 saturated carbocycles. The van der Waals surface area contributed by atoms with E-state index in [0.29, 0.717) is 18.6 Å². The van der Waals surface area contributed by atoms with E-state index >= 15 is 0 Å². The van der Waals surface area contributed by atoms with Crippen molar-refractivity contribution in [2.45, 2.75) is 38.3 Å². The van der Waals surface area contributed by atoms with Crippen molar-refractivity contribution in [3.05, 3.63) is 83.3 Å². The summed E-state index contributed by atoms with van der Waals surface area (Å²) in [6.45, 7) is 2.08. The molecule has 0 fully saturated rings. The van der Waals surface area contributed by atoms with Gasteiger partial charge in [0.05, 0.1) is 6.54 Å². The van der Waals surface area contributed by atoms with Gasteiger partial charge in [-0.2, -0.15) is 0 Å². The number of alkyl carbamates (subject to hydrolysis) is 1.